The van der Waals surface area contributed by atoms with E-state index < -0.39 is 5.97 Å². The van der Waals surface area contributed by atoms with Gasteiger partial charge < -0.3 is 16.2 Å². The first kappa shape index (κ1) is 14.9. The van der Waals surface area contributed by atoms with Gasteiger partial charge in [-0.1, -0.05) is 6.07 Å². The van der Waals surface area contributed by atoms with E-state index in [0.717, 1.165) is 11.8 Å². The Balaban J connectivity index is 2.01. The minimum Gasteiger partial charge on any atom is -0.478 e. The number of nitrogens with zero attached hydrogens (tertiary/aromatic N) is 4. The van der Waals surface area contributed by atoms with Gasteiger partial charge in [-0.15, -0.1) is 0 Å². The van der Waals surface area contributed by atoms with Crippen LogP contribution in [0.2, 0.25) is 0 Å². The van der Waals surface area contributed by atoms with Crippen molar-refractivity contribution in [2.24, 2.45) is 5.73 Å². The fourth-order valence-corrected chi connectivity index (χ4v) is 2.25. The Hall–Kier alpha value is -3.00. The molecule has 0 radical (unpaired) electrons. The number of nitrogens with one attached hydrogen (secondary N) is 1. The van der Waals surface area contributed by atoms with Crippen molar-refractivity contribution < 1.29 is 9.90 Å². The van der Waals surface area contributed by atoms with Crippen LogP contribution in [0.4, 0.5) is 5.82 Å². The number of benzene rings is 1. The minimum absolute atomic E-state index is 0.196. The zero-order valence-electron chi connectivity index (χ0n) is 12.3. The Morgan fingerprint density at radius 2 is 2.22 bits per heavy atom. The molecule has 0 amide bonds. The summed E-state index contributed by atoms with van der Waals surface area (Å²) in [5.41, 5.74) is 6.92. The number of nitrogens with two attached hydrogens (primary N) is 1. The average molecular weight is 312 g/mol. The summed E-state index contributed by atoms with van der Waals surface area (Å²) in [6.07, 6.45) is 3.94. The zero-order valence-corrected chi connectivity index (χ0v) is 12.3. The Labute approximate surface area is 132 Å². The molecule has 8 nitrogen and oxygen atoms in total. The van der Waals surface area contributed by atoms with Crippen LogP contribution in [0, 0.1) is 0 Å². The number of anilines is 1. The number of carbonyl (C=O) groups is 1. The monoisotopic (exact) mass is 312 g/mol. The molecule has 0 unspecified atom stereocenters. The van der Waals surface area contributed by atoms with Crippen molar-refractivity contribution in [1.82, 2.24) is 19.7 Å². The molecule has 23 heavy (non-hydrogen) atoms. The summed E-state index contributed by atoms with van der Waals surface area (Å²) in [5.74, 6) is -0.300. The van der Waals surface area contributed by atoms with Gasteiger partial charge in [0.1, 0.15) is 12.1 Å². The molecule has 0 aliphatic carbocycles. The highest BCUT2D eigenvalue weighted by atomic mass is 16.4. The lowest BCUT2D eigenvalue weighted by Crippen LogP contribution is -2.09. The Morgan fingerprint density at radius 3 is 3.00 bits per heavy atom. The Kier molecular flexibility index (Phi) is 4.15. The molecule has 1 aromatic carbocycles. The maximum atomic E-state index is 11.1. The second kappa shape index (κ2) is 6.41. The molecule has 0 atom stereocenters. The number of rotatable bonds is 6. The minimum atomic E-state index is -0.984. The smallest absolute Gasteiger partial charge is 0.335 e. The Bertz CT molecular complexity index is 845. The largest absolute Gasteiger partial charge is 0.478 e. The number of carboxylic acid groups (broad SMARTS) is 1. The molecule has 0 saturated heterocycles. The lowest BCUT2D eigenvalue weighted by Gasteiger charge is -2.06. The lowest BCUT2D eigenvalue weighted by molar-refractivity contribution is 0.0697. The number of aromatic nitrogens is 4. The van der Waals surface area contributed by atoms with E-state index in [1.807, 2.05) is 0 Å². The molecule has 2 heterocycles. The van der Waals surface area contributed by atoms with Crippen LogP contribution in [0.5, 0.6) is 0 Å². The van der Waals surface area contributed by atoms with Crippen molar-refractivity contribution in [1.29, 1.82) is 0 Å². The van der Waals surface area contributed by atoms with Crippen LogP contribution in [0.1, 0.15) is 16.8 Å². The van der Waals surface area contributed by atoms with Crippen LogP contribution in [0.3, 0.4) is 0 Å². The standard InChI is InChI=1S/C15H16N6O2/c16-5-2-6-17-13-12-8-20-21(14(12)19-9-18-13)11-4-1-3-10(7-11)15(22)23/h1,3-4,7-9H,2,5-6,16H2,(H,22,23)(H,17,18,19). The molecule has 3 rings (SSSR count). The van der Waals surface area contributed by atoms with Gasteiger partial charge in [0.05, 0.1) is 22.8 Å². The summed E-state index contributed by atoms with van der Waals surface area (Å²) in [6.45, 7) is 1.31. The fourth-order valence-electron chi connectivity index (χ4n) is 2.25. The molecular formula is C15H16N6O2. The van der Waals surface area contributed by atoms with Gasteiger partial charge in [0, 0.05) is 6.54 Å². The molecule has 3 aromatic rings. The van der Waals surface area contributed by atoms with Crippen molar-refractivity contribution in [3.63, 3.8) is 0 Å². The summed E-state index contributed by atoms with van der Waals surface area (Å²) in [4.78, 5) is 19.6. The molecular weight excluding hydrogens is 296 g/mol. The van der Waals surface area contributed by atoms with Gasteiger partial charge in [0.2, 0.25) is 0 Å². The summed E-state index contributed by atoms with van der Waals surface area (Å²) in [7, 11) is 0. The number of hydrogen-bond donors (Lipinski definition) is 3. The lowest BCUT2D eigenvalue weighted by atomic mass is 10.2. The van der Waals surface area contributed by atoms with Gasteiger partial charge in [-0.2, -0.15) is 5.10 Å². The first-order chi connectivity index (χ1) is 11.2. The van der Waals surface area contributed by atoms with E-state index in [0.29, 0.717) is 30.2 Å². The molecule has 2 aromatic heterocycles. The number of carboxylic acids is 1. The molecule has 0 bridgehead atoms. The van der Waals surface area contributed by atoms with E-state index in [9.17, 15) is 4.79 Å². The highest BCUT2D eigenvalue weighted by Crippen LogP contribution is 2.22. The van der Waals surface area contributed by atoms with Crippen molar-refractivity contribution >= 4 is 22.8 Å². The van der Waals surface area contributed by atoms with Crippen LogP contribution in [-0.4, -0.2) is 43.9 Å². The SMILES string of the molecule is NCCCNc1ncnc2c1cnn2-c1cccc(C(=O)O)c1. The second-order valence-corrected chi connectivity index (χ2v) is 4.94. The third kappa shape index (κ3) is 2.97. The second-order valence-electron chi connectivity index (χ2n) is 4.94. The van der Waals surface area contributed by atoms with Gasteiger partial charge in [0.15, 0.2) is 5.65 Å². The zero-order chi connectivity index (χ0) is 16.2. The van der Waals surface area contributed by atoms with Crippen LogP contribution in [0.15, 0.2) is 36.8 Å². The maximum absolute atomic E-state index is 11.1. The van der Waals surface area contributed by atoms with Crippen molar-refractivity contribution in [3.05, 3.63) is 42.4 Å². The van der Waals surface area contributed by atoms with Crippen LogP contribution in [-0.2, 0) is 0 Å². The van der Waals surface area contributed by atoms with Crippen LogP contribution >= 0.6 is 0 Å². The van der Waals surface area contributed by atoms with Crippen LogP contribution in [0.25, 0.3) is 16.7 Å². The van der Waals surface area contributed by atoms with Gasteiger partial charge >= 0.3 is 5.97 Å². The van der Waals surface area contributed by atoms with Gasteiger partial charge in [-0.3, -0.25) is 0 Å². The van der Waals surface area contributed by atoms with E-state index in [1.54, 1.807) is 29.1 Å². The number of hydrogen-bond acceptors (Lipinski definition) is 6. The van der Waals surface area contributed by atoms with Crippen LogP contribution < -0.4 is 11.1 Å². The van der Waals surface area contributed by atoms with Gasteiger partial charge in [-0.05, 0) is 31.2 Å². The fraction of sp³-hybridized carbons (Fsp3) is 0.200. The molecule has 0 saturated carbocycles. The van der Waals surface area contributed by atoms with Gasteiger partial charge in [0.25, 0.3) is 0 Å². The summed E-state index contributed by atoms with van der Waals surface area (Å²) < 4.78 is 1.59. The quantitative estimate of drug-likeness (QED) is 0.586. The van der Waals surface area contributed by atoms with Gasteiger partial charge in [-0.25, -0.2) is 19.4 Å². The highest BCUT2D eigenvalue weighted by Gasteiger charge is 2.12. The van der Waals surface area contributed by atoms with Crippen molar-refractivity contribution in [2.75, 3.05) is 18.4 Å². The van der Waals surface area contributed by atoms with E-state index >= 15 is 0 Å². The number of fused-ring (bicyclic) bond motifs is 1. The number of aromatic carboxylic acids is 1. The molecule has 0 spiro atoms. The molecule has 118 valence electrons. The summed E-state index contributed by atoms with van der Waals surface area (Å²) in [6, 6.07) is 6.54. The first-order valence-corrected chi connectivity index (χ1v) is 7.17. The first-order valence-electron chi connectivity index (χ1n) is 7.17. The predicted molar refractivity (Wildman–Crippen MR) is 85.8 cm³/mol. The molecule has 0 aliphatic heterocycles. The molecule has 0 fully saturated rings. The molecule has 4 N–H and O–H groups in total. The molecule has 8 heteroatoms. The van der Waals surface area contributed by atoms with E-state index in [-0.39, 0.29) is 5.56 Å². The Morgan fingerprint density at radius 1 is 1.35 bits per heavy atom. The topological polar surface area (TPSA) is 119 Å². The van der Waals surface area contributed by atoms with E-state index in [2.05, 4.69) is 20.4 Å². The normalized spacial score (nSPS) is 10.8. The third-order valence-corrected chi connectivity index (χ3v) is 3.38. The highest BCUT2D eigenvalue weighted by molar-refractivity contribution is 5.89. The summed E-state index contributed by atoms with van der Waals surface area (Å²) >= 11 is 0. The molecule has 0 aliphatic rings. The predicted octanol–water partition coefficient (Wildman–Crippen LogP) is 1.27. The third-order valence-electron chi connectivity index (χ3n) is 3.38. The van der Waals surface area contributed by atoms with E-state index in [4.69, 9.17) is 10.8 Å². The average Bonchev–Trinajstić information content (AvgIpc) is 3.00. The van der Waals surface area contributed by atoms with Crippen molar-refractivity contribution in [2.45, 2.75) is 6.42 Å². The maximum Gasteiger partial charge on any atom is 0.335 e. The van der Waals surface area contributed by atoms with E-state index in [1.165, 1.54) is 12.4 Å². The summed E-state index contributed by atoms with van der Waals surface area (Å²) in [5, 5.41) is 17.4. The van der Waals surface area contributed by atoms with Crippen molar-refractivity contribution in [3.8, 4) is 5.69 Å².